The van der Waals surface area contributed by atoms with Crippen molar-refractivity contribution in [2.24, 2.45) is 0 Å². The molecule has 0 spiro atoms. The zero-order valence-electron chi connectivity index (χ0n) is 9.41. The van der Waals surface area contributed by atoms with Crippen molar-refractivity contribution >= 4 is 90.0 Å². The van der Waals surface area contributed by atoms with Crippen molar-refractivity contribution in [1.82, 2.24) is 0 Å². The monoisotopic (exact) mass is 329 g/mol. The zero-order chi connectivity index (χ0) is 13.8. The summed E-state index contributed by atoms with van der Waals surface area (Å²) in [5, 5.41) is 2.24. The first-order valence-corrected chi connectivity index (χ1v) is 7.22. The van der Waals surface area contributed by atoms with Crippen molar-refractivity contribution in [3.05, 3.63) is 24.3 Å². The van der Waals surface area contributed by atoms with E-state index >= 15 is 0 Å². The Bertz CT molecular complexity index is 573. The van der Waals surface area contributed by atoms with Crippen LogP contribution in [-0.2, 0) is 19.7 Å². The molecule has 0 fully saturated rings. The van der Waals surface area contributed by atoms with Crippen LogP contribution in [0.1, 0.15) is 6.92 Å². The molecule has 0 unspecified atom stereocenters. The first-order chi connectivity index (χ1) is 8.29. The van der Waals surface area contributed by atoms with Gasteiger partial charge in [0.05, 0.1) is 10.6 Å². The number of nitrogens with one attached hydrogen (secondary N) is 1. The number of carbonyl (C=O) groups excluding carboxylic acids is 2. The number of anilines is 1. The Morgan fingerprint density at radius 2 is 2.00 bits per heavy atom. The maximum atomic E-state index is 11.4. The fraction of sp³-hybridized carbons (Fsp3) is 0.200. The number of benzene rings is 1. The van der Waals surface area contributed by atoms with Gasteiger partial charge in [-0.3, -0.25) is 14.1 Å². The maximum absolute atomic E-state index is 11.4. The molecule has 1 amide bonds. The van der Waals surface area contributed by atoms with Gasteiger partial charge < -0.3 is 5.32 Å². The van der Waals surface area contributed by atoms with Gasteiger partial charge >= 0.3 is 51.4 Å². The number of carbonyl (C=O) groups is 2. The molecule has 0 radical (unpaired) electrons. The summed E-state index contributed by atoms with van der Waals surface area (Å²) >= 11 is 0.850. The van der Waals surface area contributed by atoms with E-state index in [1.165, 1.54) is 25.1 Å². The van der Waals surface area contributed by atoms with Gasteiger partial charge in [0.2, 0.25) is 5.91 Å². The SMILES string of the molecule is CC(=O)SCC(=O)Nc1cccc(S(=O)(=O)O)c1.[KH]. The second-order valence-electron chi connectivity index (χ2n) is 3.33. The number of rotatable bonds is 4. The molecule has 100 valence electrons. The molecule has 6 nitrogen and oxygen atoms in total. The topological polar surface area (TPSA) is 101 Å². The van der Waals surface area contributed by atoms with Crippen LogP contribution in [0.3, 0.4) is 0 Å². The molecule has 0 saturated carbocycles. The van der Waals surface area contributed by atoms with Gasteiger partial charge in [0.15, 0.2) is 5.12 Å². The molecule has 19 heavy (non-hydrogen) atoms. The fourth-order valence-electron chi connectivity index (χ4n) is 1.10. The third-order valence-electron chi connectivity index (χ3n) is 1.82. The molecule has 0 atom stereocenters. The molecule has 0 heterocycles. The van der Waals surface area contributed by atoms with E-state index in [0.29, 0.717) is 0 Å². The van der Waals surface area contributed by atoms with E-state index in [4.69, 9.17) is 4.55 Å². The molecule has 0 saturated heterocycles. The fourth-order valence-corrected chi connectivity index (χ4v) is 2.03. The Labute approximate surface area is 157 Å². The van der Waals surface area contributed by atoms with Gasteiger partial charge in [-0.15, -0.1) is 0 Å². The third-order valence-corrected chi connectivity index (χ3v) is 3.48. The molecular weight excluding hydrogens is 317 g/mol. The van der Waals surface area contributed by atoms with Crippen LogP contribution in [0.5, 0.6) is 0 Å². The summed E-state index contributed by atoms with van der Waals surface area (Å²) in [6.07, 6.45) is 0. The number of hydrogen-bond acceptors (Lipinski definition) is 5. The average molecular weight is 329 g/mol. The molecule has 2 N–H and O–H groups in total. The molecule has 0 aliphatic carbocycles. The summed E-state index contributed by atoms with van der Waals surface area (Å²) < 4.78 is 30.6. The van der Waals surface area contributed by atoms with Crippen molar-refractivity contribution in [2.75, 3.05) is 11.1 Å². The normalized spacial score (nSPS) is 10.4. The Kier molecular flexibility index (Phi) is 8.64. The molecular formula is C10H12KNO5S2. The van der Waals surface area contributed by atoms with Gasteiger partial charge in [-0.05, 0) is 18.2 Å². The summed E-state index contributed by atoms with van der Waals surface area (Å²) in [5.74, 6) is -0.478. The van der Waals surface area contributed by atoms with Crippen LogP contribution < -0.4 is 5.32 Å². The van der Waals surface area contributed by atoms with E-state index in [-0.39, 0.29) is 72.8 Å². The molecule has 0 aliphatic heterocycles. The number of thioether (sulfide) groups is 1. The van der Waals surface area contributed by atoms with E-state index in [2.05, 4.69) is 5.32 Å². The van der Waals surface area contributed by atoms with Crippen LogP contribution in [0.15, 0.2) is 29.2 Å². The second-order valence-corrected chi connectivity index (χ2v) is 5.91. The van der Waals surface area contributed by atoms with Crippen molar-refractivity contribution in [1.29, 1.82) is 0 Å². The quantitative estimate of drug-likeness (QED) is 0.616. The first-order valence-electron chi connectivity index (χ1n) is 4.80. The summed E-state index contributed by atoms with van der Waals surface area (Å²) in [6, 6.07) is 5.20. The van der Waals surface area contributed by atoms with Crippen molar-refractivity contribution < 1.29 is 22.6 Å². The summed E-state index contributed by atoms with van der Waals surface area (Å²) in [6.45, 7) is 1.34. The van der Waals surface area contributed by atoms with Crippen molar-refractivity contribution in [3.63, 3.8) is 0 Å². The molecule has 0 bridgehead atoms. The molecule has 1 aromatic rings. The Morgan fingerprint density at radius 1 is 1.37 bits per heavy atom. The molecule has 0 aromatic heterocycles. The van der Waals surface area contributed by atoms with E-state index < -0.39 is 16.0 Å². The van der Waals surface area contributed by atoms with Crippen LogP contribution >= 0.6 is 11.8 Å². The van der Waals surface area contributed by atoms with Crippen molar-refractivity contribution in [3.8, 4) is 0 Å². The van der Waals surface area contributed by atoms with Crippen molar-refractivity contribution in [2.45, 2.75) is 11.8 Å². The predicted molar refractivity (Wildman–Crippen MR) is 75.2 cm³/mol. The van der Waals surface area contributed by atoms with Gasteiger partial charge in [0, 0.05) is 12.6 Å². The summed E-state index contributed by atoms with van der Waals surface area (Å²) in [7, 11) is -4.30. The van der Waals surface area contributed by atoms with E-state index in [9.17, 15) is 18.0 Å². The Morgan fingerprint density at radius 3 is 2.53 bits per heavy atom. The Balaban J connectivity index is 0.00000324. The van der Waals surface area contributed by atoms with E-state index in [1.54, 1.807) is 0 Å². The molecule has 0 aliphatic rings. The van der Waals surface area contributed by atoms with Gasteiger partial charge in [0.25, 0.3) is 10.1 Å². The van der Waals surface area contributed by atoms with Crippen LogP contribution in [0.2, 0.25) is 0 Å². The number of amides is 1. The number of hydrogen-bond donors (Lipinski definition) is 2. The molecule has 1 rings (SSSR count). The van der Waals surface area contributed by atoms with Crippen LogP contribution in [0.25, 0.3) is 0 Å². The van der Waals surface area contributed by atoms with Gasteiger partial charge in [-0.2, -0.15) is 8.42 Å². The van der Waals surface area contributed by atoms with E-state index in [1.807, 2.05) is 0 Å². The summed E-state index contributed by atoms with van der Waals surface area (Å²) in [5.41, 5.74) is 0.235. The summed E-state index contributed by atoms with van der Waals surface area (Å²) in [4.78, 5) is 21.7. The predicted octanol–water partition coefficient (Wildman–Crippen LogP) is 0.503. The minimum absolute atomic E-state index is 0. The molecule has 9 heteroatoms. The first kappa shape index (κ1) is 19.3. The van der Waals surface area contributed by atoms with Crippen LogP contribution in [-0.4, -0.2) is 81.1 Å². The zero-order valence-corrected chi connectivity index (χ0v) is 11.0. The Hall–Kier alpha value is 0.256. The third kappa shape index (κ3) is 7.56. The van der Waals surface area contributed by atoms with Crippen LogP contribution in [0, 0.1) is 0 Å². The van der Waals surface area contributed by atoms with Gasteiger partial charge in [-0.1, -0.05) is 17.8 Å². The minimum atomic E-state index is -4.30. The van der Waals surface area contributed by atoms with Gasteiger partial charge in [-0.25, -0.2) is 0 Å². The van der Waals surface area contributed by atoms with Crippen LogP contribution in [0.4, 0.5) is 5.69 Å². The second kappa shape index (κ2) is 8.52. The standard InChI is InChI=1S/C10H11NO5S2.K.H/c1-7(12)17-6-10(13)11-8-3-2-4-9(5-8)18(14,15)16;;/h2-5H,6H2,1H3,(H,11,13)(H,14,15,16);;. The van der Waals surface area contributed by atoms with E-state index in [0.717, 1.165) is 17.8 Å². The average Bonchev–Trinajstić information content (AvgIpc) is 2.25. The van der Waals surface area contributed by atoms with Gasteiger partial charge in [0.1, 0.15) is 0 Å². The molecule has 1 aromatic carbocycles.